The molecule has 0 saturated carbocycles. The van der Waals surface area contributed by atoms with Crippen molar-refractivity contribution in [2.24, 2.45) is 0 Å². The minimum absolute atomic E-state index is 0.311. The fourth-order valence-electron chi connectivity index (χ4n) is 3.74. The molecule has 0 spiro atoms. The zero-order chi connectivity index (χ0) is 13.5. The lowest BCUT2D eigenvalue weighted by Gasteiger charge is -2.38. The maximum Gasteiger partial charge on any atom is 0.223 e. The van der Waals surface area contributed by atoms with Crippen molar-refractivity contribution < 1.29 is 4.79 Å². The molecular formula is C18H17NO. The third kappa shape index (κ3) is 1.68. The van der Waals surface area contributed by atoms with E-state index in [1.54, 1.807) is 0 Å². The van der Waals surface area contributed by atoms with Gasteiger partial charge in [-0.05, 0) is 23.1 Å². The fraction of sp³-hybridized carbons (Fsp3) is 0.278. The van der Waals surface area contributed by atoms with E-state index in [2.05, 4.69) is 59.5 Å². The van der Waals surface area contributed by atoms with Crippen molar-refractivity contribution in [1.29, 1.82) is 0 Å². The first-order valence-corrected chi connectivity index (χ1v) is 7.27. The first-order valence-electron chi connectivity index (χ1n) is 7.27. The summed E-state index contributed by atoms with van der Waals surface area (Å²) < 4.78 is 0. The van der Waals surface area contributed by atoms with Crippen LogP contribution in [0.1, 0.15) is 35.4 Å². The van der Waals surface area contributed by atoms with Crippen molar-refractivity contribution in [3.63, 3.8) is 0 Å². The van der Waals surface area contributed by atoms with Crippen molar-refractivity contribution in [1.82, 2.24) is 4.90 Å². The Morgan fingerprint density at radius 1 is 0.950 bits per heavy atom. The molecule has 2 heterocycles. The molecule has 0 N–H and O–H groups in total. The van der Waals surface area contributed by atoms with Crippen LogP contribution in [0.5, 0.6) is 0 Å². The molecule has 1 amide bonds. The van der Waals surface area contributed by atoms with E-state index in [1.807, 2.05) is 0 Å². The highest BCUT2D eigenvalue weighted by Gasteiger charge is 2.41. The number of benzene rings is 2. The van der Waals surface area contributed by atoms with Crippen molar-refractivity contribution in [2.45, 2.75) is 31.3 Å². The zero-order valence-corrected chi connectivity index (χ0v) is 11.3. The van der Waals surface area contributed by atoms with Crippen molar-refractivity contribution in [3.8, 4) is 0 Å². The standard InChI is InChI=1S/C18H17NO/c20-17-11-10-16-18(13-6-2-1-3-7-13)15-9-5-4-8-14(15)12-19(16)17/h1-9,16,18H,10-12H2/t16-,18+/m1/s1. The van der Waals surface area contributed by atoms with Gasteiger partial charge in [0.05, 0.1) is 0 Å². The number of hydrogen-bond acceptors (Lipinski definition) is 1. The van der Waals surface area contributed by atoms with Gasteiger partial charge in [0.15, 0.2) is 0 Å². The second kappa shape index (κ2) is 4.48. The number of hydrogen-bond donors (Lipinski definition) is 0. The predicted octanol–water partition coefficient (Wildman–Crippen LogP) is 3.32. The lowest BCUT2D eigenvalue weighted by Crippen LogP contribution is -2.41. The average Bonchev–Trinajstić information content (AvgIpc) is 2.87. The van der Waals surface area contributed by atoms with Gasteiger partial charge in [-0.15, -0.1) is 0 Å². The highest BCUT2D eigenvalue weighted by atomic mass is 16.2. The molecule has 2 aromatic rings. The summed E-state index contributed by atoms with van der Waals surface area (Å²) in [5.74, 6) is 0.637. The van der Waals surface area contributed by atoms with Crippen LogP contribution in [0.4, 0.5) is 0 Å². The highest BCUT2D eigenvalue weighted by molar-refractivity contribution is 5.79. The monoisotopic (exact) mass is 263 g/mol. The summed E-state index contributed by atoms with van der Waals surface area (Å²) in [7, 11) is 0. The lowest BCUT2D eigenvalue weighted by atomic mass is 9.79. The molecule has 0 aromatic heterocycles. The average molecular weight is 263 g/mol. The highest BCUT2D eigenvalue weighted by Crippen LogP contribution is 2.42. The zero-order valence-electron chi connectivity index (χ0n) is 11.3. The van der Waals surface area contributed by atoms with Crippen molar-refractivity contribution in [3.05, 3.63) is 71.3 Å². The van der Waals surface area contributed by atoms with Crippen LogP contribution in [-0.2, 0) is 11.3 Å². The van der Waals surface area contributed by atoms with Crippen LogP contribution in [-0.4, -0.2) is 16.8 Å². The van der Waals surface area contributed by atoms with Gasteiger partial charge in [-0.2, -0.15) is 0 Å². The Morgan fingerprint density at radius 2 is 1.70 bits per heavy atom. The molecule has 2 atom stereocenters. The number of nitrogens with zero attached hydrogens (tertiary/aromatic N) is 1. The van der Waals surface area contributed by atoms with E-state index in [0.29, 0.717) is 24.3 Å². The SMILES string of the molecule is O=C1CC[C@@H]2[C@@H](c3ccccc3)c3ccccc3CN12. The predicted molar refractivity (Wildman–Crippen MR) is 78.3 cm³/mol. The maximum atomic E-state index is 12.1. The summed E-state index contributed by atoms with van der Waals surface area (Å²) in [5, 5.41) is 0. The van der Waals surface area contributed by atoms with Gasteiger partial charge in [0.2, 0.25) is 5.91 Å². The van der Waals surface area contributed by atoms with Crippen LogP contribution in [0.15, 0.2) is 54.6 Å². The maximum absolute atomic E-state index is 12.1. The Kier molecular flexibility index (Phi) is 2.62. The van der Waals surface area contributed by atoms with Gasteiger partial charge < -0.3 is 4.90 Å². The van der Waals surface area contributed by atoms with E-state index in [4.69, 9.17) is 0 Å². The van der Waals surface area contributed by atoms with E-state index in [-0.39, 0.29) is 0 Å². The molecule has 4 rings (SSSR count). The van der Waals surface area contributed by atoms with Gasteiger partial charge in [0, 0.05) is 24.9 Å². The van der Waals surface area contributed by atoms with E-state index in [1.165, 1.54) is 16.7 Å². The van der Waals surface area contributed by atoms with E-state index in [9.17, 15) is 4.79 Å². The van der Waals surface area contributed by atoms with Crippen LogP contribution < -0.4 is 0 Å². The summed E-state index contributed by atoms with van der Waals surface area (Å²) >= 11 is 0. The van der Waals surface area contributed by atoms with Crippen LogP contribution in [0.25, 0.3) is 0 Å². The largest absolute Gasteiger partial charge is 0.334 e. The summed E-state index contributed by atoms with van der Waals surface area (Å²) in [6.45, 7) is 0.781. The quantitative estimate of drug-likeness (QED) is 0.773. The molecule has 2 aliphatic heterocycles. The Hall–Kier alpha value is -2.09. The number of rotatable bonds is 1. The van der Waals surface area contributed by atoms with Gasteiger partial charge in [0.25, 0.3) is 0 Å². The van der Waals surface area contributed by atoms with Gasteiger partial charge in [-0.25, -0.2) is 0 Å². The molecular weight excluding hydrogens is 246 g/mol. The fourth-order valence-corrected chi connectivity index (χ4v) is 3.74. The van der Waals surface area contributed by atoms with Crippen LogP contribution in [0, 0.1) is 0 Å². The minimum atomic E-state index is 0.311. The molecule has 1 saturated heterocycles. The molecule has 0 aliphatic carbocycles. The summed E-state index contributed by atoms with van der Waals surface area (Å²) in [6.07, 6.45) is 1.68. The topological polar surface area (TPSA) is 20.3 Å². The second-order valence-electron chi connectivity index (χ2n) is 5.71. The molecule has 20 heavy (non-hydrogen) atoms. The molecule has 0 radical (unpaired) electrons. The molecule has 2 heteroatoms. The van der Waals surface area contributed by atoms with Gasteiger partial charge in [-0.1, -0.05) is 54.6 Å². The van der Waals surface area contributed by atoms with E-state index >= 15 is 0 Å². The Labute approximate surface area is 119 Å². The summed E-state index contributed by atoms with van der Waals surface area (Å²) in [4.78, 5) is 14.2. The molecule has 1 fully saturated rings. The Morgan fingerprint density at radius 3 is 2.55 bits per heavy atom. The van der Waals surface area contributed by atoms with Gasteiger partial charge in [-0.3, -0.25) is 4.79 Å². The molecule has 2 aromatic carbocycles. The van der Waals surface area contributed by atoms with Crippen LogP contribution in [0.3, 0.4) is 0 Å². The first kappa shape index (κ1) is 11.7. The molecule has 2 aliphatic rings. The smallest absolute Gasteiger partial charge is 0.223 e. The van der Waals surface area contributed by atoms with Crippen molar-refractivity contribution >= 4 is 5.91 Å². The molecule has 0 bridgehead atoms. The molecule has 2 nitrogen and oxygen atoms in total. The molecule has 100 valence electrons. The number of amides is 1. The summed E-state index contributed by atoms with van der Waals surface area (Å²) in [6, 6.07) is 19.5. The van der Waals surface area contributed by atoms with Crippen molar-refractivity contribution in [2.75, 3.05) is 0 Å². The minimum Gasteiger partial charge on any atom is -0.334 e. The normalized spacial score (nSPS) is 24.4. The third-order valence-corrected chi connectivity index (χ3v) is 4.65. The number of carbonyl (C=O) groups is 1. The Balaban J connectivity index is 1.88. The second-order valence-corrected chi connectivity index (χ2v) is 5.71. The van der Waals surface area contributed by atoms with E-state index in [0.717, 1.165) is 13.0 Å². The number of carbonyl (C=O) groups excluding carboxylic acids is 1. The molecule has 0 unspecified atom stereocenters. The Bertz CT molecular complexity index is 649. The third-order valence-electron chi connectivity index (χ3n) is 4.65. The summed E-state index contributed by atoms with van der Waals surface area (Å²) in [5.41, 5.74) is 4.02. The first-order chi connectivity index (χ1) is 9.84. The van der Waals surface area contributed by atoms with Crippen LogP contribution >= 0.6 is 0 Å². The lowest BCUT2D eigenvalue weighted by molar-refractivity contribution is -0.130. The van der Waals surface area contributed by atoms with Gasteiger partial charge in [0.1, 0.15) is 0 Å². The van der Waals surface area contributed by atoms with Crippen LogP contribution in [0.2, 0.25) is 0 Å². The van der Waals surface area contributed by atoms with Gasteiger partial charge >= 0.3 is 0 Å². The number of fused-ring (bicyclic) bond motifs is 2. The van der Waals surface area contributed by atoms with E-state index < -0.39 is 0 Å².